The van der Waals surface area contributed by atoms with E-state index >= 15 is 0 Å². The summed E-state index contributed by atoms with van der Waals surface area (Å²) in [4.78, 5) is 27.1. The number of amides is 2. The van der Waals surface area contributed by atoms with E-state index in [2.05, 4.69) is 5.32 Å². The number of nitrogens with one attached hydrogen (secondary N) is 1. The third kappa shape index (κ3) is 6.14. The van der Waals surface area contributed by atoms with Crippen LogP contribution in [0.4, 0.5) is 0 Å². The Kier molecular flexibility index (Phi) is 7.80. The monoisotopic (exact) mass is 444 g/mol. The summed E-state index contributed by atoms with van der Waals surface area (Å²) in [5.74, 6) is 1.21. The molecule has 0 bridgehead atoms. The number of nitrogens with zero attached hydrogens (tertiary/aromatic N) is 1. The zero-order chi connectivity index (χ0) is 22.4. The molecule has 1 atom stereocenters. The van der Waals surface area contributed by atoms with Gasteiger partial charge in [0.2, 0.25) is 0 Å². The normalized spacial score (nSPS) is 15.3. The molecule has 1 heterocycles. The summed E-state index contributed by atoms with van der Waals surface area (Å²) < 4.78 is 11.2. The van der Waals surface area contributed by atoms with Gasteiger partial charge in [-0.05, 0) is 81.6 Å². The van der Waals surface area contributed by atoms with Crippen LogP contribution in [0.2, 0.25) is 5.02 Å². The molecule has 1 saturated heterocycles. The number of ether oxygens (including phenoxy) is 2. The van der Waals surface area contributed by atoms with Gasteiger partial charge in [-0.15, -0.1) is 0 Å². The lowest BCUT2D eigenvalue weighted by atomic mass is 10.0. The van der Waals surface area contributed by atoms with Gasteiger partial charge in [0.25, 0.3) is 11.8 Å². The first-order valence-electron chi connectivity index (χ1n) is 10.6. The Bertz CT molecular complexity index is 908. The van der Waals surface area contributed by atoms with E-state index in [1.165, 1.54) is 0 Å². The fourth-order valence-corrected chi connectivity index (χ4v) is 3.65. The Morgan fingerprint density at radius 2 is 1.77 bits per heavy atom. The maximum absolute atomic E-state index is 12.7. The predicted molar refractivity (Wildman–Crippen MR) is 121 cm³/mol. The minimum Gasteiger partial charge on any atom is -0.494 e. The molecule has 0 saturated carbocycles. The number of hydrogen-bond donors (Lipinski definition) is 1. The minimum absolute atomic E-state index is 0.00244. The average molecular weight is 445 g/mol. The summed E-state index contributed by atoms with van der Waals surface area (Å²) in [5.41, 5.74) is 1.54. The van der Waals surface area contributed by atoms with Crippen molar-refractivity contribution < 1.29 is 19.1 Å². The van der Waals surface area contributed by atoms with Crippen LogP contribution in [0.25, 0.3) is 0 Å². The molecule has 1 aliphatic rings. The molecule has 0 spiro atoms. The topological polar surface area (TPSA) is 67.9 Å². The van der Waals surface area contributed by atoms with Crippen LogP contribution in [-0.2, 0) is 4.79 Å². The van der Waals surface area contributed by atoms with Gasteiger partial charge in [-0.25, -0.2) is 0 Å². The van der Waals surface area contributed by atoms with Gasteiger partial charge < -0.3 is 19.7 Å². The average Bonchev–Trinajstić information content (AvgIpc) is 2.77. The quantitative estimate of drug-likeness (QED) is 0.693. The van der Waals surface area contributed by atoms with E-state index < -0.39 is 6.10 Å². The maximum atomic E-state index is 12.7. The summed E-state index contributed by atoms with van der Waals surface area (Å²) in [6.07, 6.45) is 0.798. The van der Waals surface area contributed by atoms with Crippen LogP contribution in [0.3, 0.4) is 0 Å². The van der Waals surface area contributed by atoms with Gasteiger partial charge in [-0.1, -0.05) is 11.6 Å². The van der Waals surface area contributed by atoms with Gasteiger partial charge in [0.05, 0.1) is 6.61 Å². The van der Waals surface area contributed by atoms with Crippen LogP contribution >= 0.6 is 11.6 Å². The molecule has 6 nitrogen and oxygen atoms in total. The van der Waals surface area contributed by atoms with E-state index in [4.69, 9.17) is 21.1 Å². The van der Waals surface area contributed by atoms with Crippen molar-refractivity contribution in [2.24, 2.45) is 0 Å². The van der Waals surface area contributed by atoms with Gasteiger partial charge in [0.15, 0.2) is 6.10 Å². The number of hydrogen-bond acceptors (Lipinski definition) is 4. The molecule has 166 valence electrons. The Labute approximate surface area is 188 Å². The molecule has 0 radical (unpaired) electrons. The molecule has 3 rings (SSSR count). The van der Waals surface area contributed by atoms with Gasteiger partial charge in [0, 0.05) is 29.7 Å². The van der Waals surface area contributed by atoms with Crippen molar-refractivity contribution in [3.63, 3.8) is 0 Å². The van der Waals surface area contributed by atoms with E-state index in [1.54, 1.807) is 31.2 Å². The third-order valence-corrected chi connectivity index (χ3v) is 5.78. The Morgan fingerprint density at radius 1 is 1.13 bits per heavy atom. The Morgan fingerprint density at radius 3 is 2.39 bits per heavy atom. The number of carbonyl (C=O) groups excluding carboxylic acids is 2. The van der Waals surface area contributed by atoms with E-state index in [9.17, 15) is 9.59 Å². The number of piperidine rings is 1. The van der Waals surface area contributed by atoms with Crippen molar-refractivity contribution >= 4 is 23.4 Å². The molecule has 1 unspecified atom stereocenters. The van der Waals surface area contributed by atoms with E-state index in [0.717, 1.165) is 11.3 Å². The van der Waals surface area contributed by atoms with Crippen LogP contribution in [0.5, 0.6) is 11.5 Å². The lowest BCUT2D eigenvalue weighted by molar-refractivity contribution is -0.128. The predicted octanol–water partition coefficient (Wildman–Crippen LogP) is 4.24. The number of aryl methyl sites for hydroxylation is 1. The lowest BCUT2D eigenvalue weighted by Crippen LogP contribution is -2.49. The fraction of sp³-hybridized carbons (Fsp3) is 0.417. The van der Waals surface area contributed by atoms with Crippen molar-refractivity contribution in [2.45, 2.75) is 45.8 Å². The standard InChI is InChI=1S/C24H29ClN2O4/c1-4-30-20-7-5-18(6-8-20)24(29)27-13-11-19(12-14-27)26-23(28)17(3)31-21-9-10-22(25)16(2)15-21/h5-10,15,17,19H,4,11-14H2,1-3H3,(H,26,28). The van der Waals surface area contributed by atoms with Crippen molar-refractivity contribution in [1.29, 1.82) is 0 Å². The van der Waals surface area contributed by atoms with Crippen molar-refractivity contribution in [2.75, 3.05) is 19.7 Å². The molecular weight excluding hydrogens is 416 g/mol. The van der Waals surface area contributed by atoms with Gasteiger partial charge in [-0.2, -0.15) is 0 Å². The first-order valence-corrected chi connectivity index (χ1v) is 11.0. The number of rotatable bonds is 7. The van der Waals surface area contributed by atoms with Crippen LogP contribution in [0.15, 0.2) is 42.5 Å². The first kappa shape index (κ1) is 22.9. The lowest BCUT2D eigenvalue weighted by Gasteiger charge is -2.33. The SMILES string of the molecule is CCOc1ccc(C(=O)N2CCC(NC(=O)C(C)Oc3ccc(Cl)c(C)c3)CC2)cc1. The molecule has 1 fully saturated rings. The van der Waals surface area contributed by atoms with Crippen LogP contribution in [0.1, 0.15) is 42.6 Å². The molecule has 2 aromatic carbocycles. The molecule has 2 aromatic rings. The highest BCUT2D eigenvalue weighted by molar-refractivity contribution is 6.31. The van der Waals surface area contributed by atoms with E-state index in [0.29, 0.717) is 48.9 Å². The van der Waals surface area contributed by atoms with Crippen LogP contribution < -0.4 is 14.8 Å². The maximum Gasteiger partial charge on any atom is 0.260 e. The number of benzene rings is 2. The number of halogens is 1. The minimum atomic E-state index is -0.621. The second kappa shape index (κ2) is 10.5. The molecular formula is C24H29ClN2O4. The summed E-state index contributed by atoms with van der Waals surface area (Å²) >= 11 is 6.03. The Balaban J connectivity index is 1.47. The molecule has 2 amide bonds. The summed E-state index contributed by atoms with van der Waals surface area (Å²) in [6.45, 7) is 7.33. The highest BCUT2D eigenvalue weighted by atomic mass is 35.5. The summed E-state index contributed by atoms with van der Waals surface area (Å²) in [5, 5.41) is 3.70. The molecule has 31 heavy (non-hydrogen) atoms. The Hall–Kier alpha value is -2.73. The van der Waals surface area contributed by atoms with Crippen molar-refractivity contribution in [3.05, 3.63) is 58.6 Å². The number of carbonyl (C=O) groups is 2. The van der Waals surface area contributed by atoms with Crippen molar-refractivity contribution in [3.8, 4) is 11.5 Å². The second-order valence-electron chi connectivity index (χ2n) is 7.70. The zero-order valence-electron chi connectivity index (χ0n) is 18.2. The molecule has 0 aromatic heterocycles. The first-order chi connectivity index (χ1) is 14.9. The third-order valence-electron chi connectivity index (χ3n) is 5.35. The van der Waals surface area contributed by atoms with Gasteiger partial charge in [0.1, 0.15) is 11.5 Å². The van der Waals surface area contributed by atoms with E-state index in [-0.39, 0.29) is 17.9 Å². The summed E-state index contributed by atoms with van der Waals surface area (Å²) in [7, 11) is 0. The highest BCUT2D eigenvalue weighted by Gasteiger charge is 2.26. The van der Waals surface area contributed by atoms with Gasteiger partial charge in [-0.3, -0.25) is 9.59 Å². The molecule has 1 N–H and O–H groups in total. The van der Waals surface area contributed by atoms with Crippen LogP contribution in [-0.4, -0.2) is 48.6 Å². The van der Waals surface area contributed by atoms with E-state index in [1.807, 2.05) is 36.9 Å². The largest absolute Gasteiger partial charge is 0.494 e. The highest BCUT2D eigenvalue weighted by Crippen LogP contribution is 2.22. The smallest absolute Gasteiger partial charge is 0.260 e. The molecule has 1 aliphatic heterocycles. The fourth-order valence-electron chi connectivity index (χ4n) is 3.54. The number of likely N-dealkylation sites (tertiary alicyclic amines) is 1. The second-order valence-corrected chi connectivity index (χ2v) is 8.11. The molecule has 7 heteroatoms. The van der Waals surface area contributed by atoms with Gasteiger partial charge >= 0.3 is 0 Å². The summed E-state index contributed by atoms with van der Waals surface area (Å²) in [6, 6.07) is 12.6. The zero-order valence-corrected chi connectivity index (χ0v) is 18.9. The van der Waals surface area contributed by atoms with Crippen LogP contribution in [0, 0.1) is 6.92 Å². The van der Waals surface area contributed by atoms with Crippen molar-refractivity contribution in [1.82, 2.24) is 10.2 Å². The molecule has 0 aliphatic carbocycles.